The van der Waals surface area contributed by atoms with Crippen LogP contribution in [0.3, 0.4) is 0 Å². The molecule has 0 aliphatic carbocycles. The van der Waals surface area contributed by atoms with Crippen LogP contribution in [0.15, 0.2) is 30.5 Å². The molecule has 0 spiro atoms. The van der Waals surface area contributed by atoms with Crippen molar-refractivity contribution in [3.05, 3.63) is 47.3 Å². The van der Waals surface area contributed by atoms with Gasteiger partial charge in [-0.25, -0.2) is 0 Å². The summed E-state index contributed by atoms with van der Waals surface area (Å²) in [6, 6.07) is 8.63. The highest BCUT2D eigenvalue weighted by Crippen LogP contribution is 2.16. The lowest BCUT2D eigenvalue weighted by Gasteiger charge is -2.17. The number of amides is 2. The molecule has 1 atom stereocenters. The van der Waals surface area contributed by atoms with Gasteiger partial charge in [-0.15, -0.1) is 5.10 Å². The molecule has 1 saturated heterocycles. The number of rotatable bonds is 4. The fourth-order valence-electron chi connectivity index (χ4n) is 2.62. The molecule has 1 aliphatic heterocycles. The summed E-state index contributed by atoms with van der Waals surface area (Å²) in [5.74, 6) is -0.515. The van der Waals surface area contributed by atoms with E-state index in [9.17, 15) is 9.59 Å². The minimum Gasteiger partial charge on any atom is -0.339 e. The Morgan fingerprint density at radius 1 is 1.42 bits per heavy atom. The normalized spacial score (nSPS) is 16.9. The zero-order chi connectivity index (χ0) is 17.1. The van der Waals surface area contributed by atoms with Crippen molar-refractivity contribution in [3.63, 3.8) is 0 Å². The predicted octanol–water partition coefficient (Wildman–Crippen LogP) is 0.218. The standard InChI is InChI=1S/C16H16N6O2/c1-21-18-9-14(20-21)15(23)19-13-6-7-22(16(13)24)10-12-4-2-11(8-17)3-5-12/h2-5,9,13H,6-7,10H2,1H3,(H,19,23). The van der Waals surface area contributed by atoms with Crippen molar-refractivity contribution >= 4 is 11.8 Å². The number of likely N-dealkylation sites (tertiary alicyclic amines) is 1. The van der Waals surface area contributed by atoms with E-state index < -0.39 is 11.9 Å². The van der Waals surface area contributed by atoms with Crippen molar-refractivity contribution in [2.24, 2.45) is 7.05 Å². The second kappa shape index (κ2) is 6.50. The predicted molar refractivity (Wildman–Crippen MR) is 83.4 cm³/mol. The molecule has 0 saturated carbocycles. The van der Waals surface area contributed by atoms with Crippen LogP contribution in [0.1, 0.15) is 28.0 Å². The number of nitrogens with zero attached hydrogens (tertiary/aromatic N) is 5. The van der Waals surface area contributed by atoms with Gasteiger partial charge in [-0.1, -0.05) is 12.1 Å². The molecule has 1 unspecified atom stereocenters. The summed E-state index contributed by atoms with van der Waals surface area (Å²) < 4.78 is 0. The molecule has 24 heavy (non-hydrogen) atoms. The van der Waals surface area contributed by atoms with Crippen molar-refractivity contribution < 1.29 is 9.59 Å². The molecular formula is C16H16N6O2. The Hall–Kier alpha value is -3.21. The minimum absolute atomic E-state index is 0.114. The topological polar surface area (TPSA) is 104 Å². The molecule has 2 heterocycles. The molecule has 8 heteroatoms. The lowest BCUT2D eigenvalue weighted by molar-refractivity contribution is -0.129. The SMILES string of the molecule is Cn1ncc(C(=O)NC2CCN(Cc3ccc(C#N)cc3)C2=O)n1. The number of carbonyl (C=O) groups excluding carboxylic acids is 2. The molecule has 1 fully saturated rings. The van der Waals surface area contributed by atoms with Gasteiger partial charge in [0.05, 0.1) is 17.8 Å². The zero-order valence-electron chi connectivity index (χ0n) is 13.1. The van der Waals surface area contributed by atoms with Crippen molar-refractivity contribution in [1.82, 2.24) is 25.2 Å². The summed E-state index contributed by atoms with van der Waals surface area (Å²) in [5.41, 5.74) is 1.72. The third kappa shape index (κ3) is 3.25. The van der Waals surface area contributed by atoms with Gasteiger partial charge in [0.2, 0.25) is 5.91 Å². The summed E-state index contributed by atoms with van der Waals surface area (Å²) in [6.07, 6.45) is 1.92. The Labute approximate surface area is 138 Å². The maximum absolute atomic E-state index is 12.4. The molecule has 1 N–H and O–H groups in total. The Bertz CT molecular complexity index is 805. The molecule has 8 nitrogen and oxygen atoms in total. The highest BCUT2D eigenvalue weighted by molar-refractivity contribution is 5.96. The van der Waals surface area contributed by atoms with Gasteiger partial charge in [0.25, 0.3) is 5.91 Å². The first-order valence-electron chi connectivity index (χ1n) is 7.52. The van der Waals surface area contributed by atoms with Gasteiger partial charge in [0.1, 0.15) is 6.04 Å². The second-order valence-electron chi connectivity index (χ2n) is 5.60. The van der Waals surface area contributed by atoms with Gasteiger partial charge >= 0.3 is 0 Å². The van der Waals surface area contributed by atoms with Crippen LogP contribution in [0.25, 0.3) is 0 Å². The minimum atomic E-state index is -0.544. The molecule has 2 aromatic rings. The first kappa shape index (κ1) is 15.7. The van der Waals surface area contributed by atoms with E-state index in [1.807, 2.05) is 12.1 Å². The number of hydrogen-bond donors (Lipinski definition) is 1. The first-order chi connectivity index (χ1) is 11.6. The van der Waals surface area contributed by atoms with Crippen LogP contribution >= 0.6 is 0 Å². The molecule has 0 bridgehead atoms. The number of hydrogen-bond acceptors (Lipinski definition) is 5. The van der Waals surface area contributed by atoms with Crippen LogP contribution in [0, 0.1) is 11.3 Å². The van der Waals surface area contributed by atoms with Gasteiger partial charge < -0.3 is 10.2 Å². The van der Waals surface area contributed by atoms with Crippen LogP contribution in [0.2, 0.25) is 0 Å². The maximum Gasteiger partial charge on any atom is 0.274 e. The molecule has 2 amide bonds. The van der Waals surface area contributed by atoms with Gasteiger partial charge in [-0.3, -0.25) is 9.59 Å². The average Bonchev–Trinajstić information content (AvgIpc) is 3.16. The highest BCUT2D eigenvalue weighted by atomic mass is 16.2. The van der Waals surface area contributed by atoms with E-state index in [1.165, 1.54) is 11.0 Å². The summed E-state index contributed by atoms with van der Waals surface area (Å²) in [6.45, 7) is 1.03. The lowest BCUT2D eigenvalue weighted by atomic mass is 10.1. The average molecular weight is 324 g/mol. The number of nitrogens with one attached hydrogen (secondary N) is 1. The quantitative estimate of drug-likeness (QED) is 0.866. The molecule has 3 rings (SSSR count). The molecule has 1 aromatic carbocycles. The van der Waals surface area contributed by atoms with Gasteiger partial charge in [0.15, 0.2) is 5.69 Å². The monoisotopic (exact) mass is 324 g/mol. The second-order valence-corrected chi connectivity index (χ2v) is 5.60. The number of benzene rings is 1. The third-order valence-electron chi connectivity index (χ3n) is 3.89. The Balaban J connectivity index is 1.60. The van der Waals surface area contributed by atoms with E-state index in [2.05, 4.69) is 21.6 Å². The molecule has 1 aromatic heterocycles. The number of aromatic nitrogens is 3. The molecular weight excluding hydrogens is 308 g/mol. The Morgan fingerprint density at radius 2 is 2.17 bits per heavy atom. The molecule has 0 radical (unpaired) electrons. The maximum atomic E-state index is 12.4. The largest absolute Gasteiger partial charge is 0.339 e. The fourth-order valence-corrected chi connectivity index (χ4v) is 2.62. The van der Waals surface area contributed by atoms with E-state index in [-0.39, 0.29) is 11.6 Å². The van der Waals surface area contributed by atoms with Crippen LogP contribution < -0.4 is 5.32 Å². The van der Waals surface area contributed by atoms with Crippen LogP contribution in [0.4, 0.5) is 0 Å². The van der Waals surface area contributed by atoms with E-state index >= 15 is 0 Å². The Kier molecular flexibility index (Phi) is 4.24. The summed E-state index contributed by atoms with van der Waals surface area (Å²) in [7, 11) is 1.62. The van der Waals surface area contributed by atoms with Crippen LogP contribution in [-0.2, 0) is 18.4 Å². The van der Waals surface area contributed by atoms with E-state index in [4.69, 9.17) is 5.26 Å². The van der Waals surface area contributed by atoms with Crippen LogP contribution in [-0.4, -0.2) is 44.3 Å². The third-order valence-corrected chi connectivity index (χ3v) is 3.89. The smallest absolute Gasteiger partial charge is 0.274 e. The van der Waals surface area contributed by atoms with Crippen molar-refractivity contribution in [2.45, 2.75) is 19.0 Å². The van der Waals surface area contributed by atoms with E-state index in [0.29, 0.717) is 25.1 Å². The summed E-state index contributed by atoms with van der Waals surface area (Å²) >= 11 is 0. The van der Waals surface area contributed by atoms with Crippen molar-refractivity contribution in [3.8, 4) is 6.07 Å². The summed E-state index contributed by atoms with van der Waals surface area (Å²) in [5, 5.41) is 19.3. The number of aryl methyl sites for hydroxylation is 1. The van der Waals surface area contributed by atoms with Crippen molar-refractivity contribution in [2.75, 3.05) is 6.54 Å². The number of nitriles is 1. The van der Waals surface area contributed by atoms with Gasteiger partial charge in [0, 0.05) is 20.1 Å². The van der Waals surface area contributed by atoms with Gasteiger partial charge in [-0.2, -0.15) is 15.2 Å². The van der Waals surface area contributed by atoms with Crippen molar-refractivity contribution in [1.29, 1.82) is 5.26 Å². The number of carbonyl (C=O) groups is 2. The van der Waals surface area contributed by atoms with E-state index in [1.54, 1.807) is 24.1 Å². The highest BCUT2D eigenvalue weighted by Gasteiger charge is 2.33. The first-order valence-corrected chi connectivity index (χ1v) is 7.52. The van der Waals surface area contributed by atoms with E-state index in [0.717, 1.165) is 5.56 Å². The lowest BCUT2D eigenvalue weighted by Crippen LogP contribution is -2.41. The van der Waals surface area contributed by atoms with Gasteiger partial charge in [-0.05, 0) is 24.1 Å². The Morgan fingerprint density at radius 3 is 2.79 bits per heavy atom. The zero-order valence-corrected chi connectivity index (χ0v) is 13.1. The molecule has 122 valence electrons. The van der Waals surface area contributed by atoms with Crippen LogP contribution in [0.5, 0.6) is 0 Å². The summed E-state index contributed by atoms with van der Waals surface area (Å²) in [4.78, 5) is 27.5. The molecule has 1 aliphatic rings. The fraction of sp³-hybridized carbons (Fsp3) is 0.312.